The van der Waals surface area contributed by atoms with Gasteiger partial charge >= 0.3 is 0 Å². The minimum absolute atomic E-state index is 0.237. The highest BCUT2D eigenvalue weighted by atomic mass is 32.1. The zero-order valence-corrected chi connectivity index (χ0v) is 10.7. The summed E-state index contributed by atoms with van der Waals surface area (Å²) in [6.45, 7) is 0.992. The Balaban J connectivity index is 1.97. The van der Waals surface area contributed by atoms with E-state index >= 15 is 0 Å². The van der Waals surface area contributed by atoms with Crippen LogP contribution in [0.1, 0.15) is 16.9 Å². The van der Waals surface area contributed by atoms with Crippen LogP contribution in [0.2, 0.25) is 0 Å². The van der Waals surface area contributed by atoms with Crippen molar-refractivity contribution in [1.82, 2.24) is 14.9 Å². The first-order chi connectivity index (χ1) is 8.93. The molecule has 18 heavy (non-hydrogen) atoms. The molecule has 0 bridgehead atoms. The predicted molar refractivity (Wildman–Crippen MR) is 73.9 cm³/mol. The van der Waals surface area contributed by atoms with E-state index in [0.717, 1.165) is 18.5 Å². The Morgan fingerprint density at radius 3 is 3.06 bits per heavy atom. The number of nitrogens with zero attached hydrogens (tertiary/aromatic N) is 2. The van der Waals surface area contributed by atoms with Gasteiger partial charge in [0.05, 0.1) is 11.0 Å². The molecule has 0 amide bonds. The Labute approximate surface area is 109 Å². The van der Waals surface area contributed by atoms with E-state index < -0.39 is 0 Å². The van der Waals surface area contributed by atoms with Gasteiger partial charge in [-0.15, -0.1) is 11.3 Å². The maximum atomic E-state index is 4.74. The normalized spacial score (nSPS) is 19.0. The molecule has 0 aliphatic carbocycles. The molecule has 4 rings (SSSR count). The fourth-order valence-corrected chi connectivity index (χ4v) is 3.43. The predicted octanol–water partition coefficient (Wildman–Crippen LogP) is 2.79. The van der Waals surface area contributed by atoms with Gasteiger partial charge < -0.3 is 4.57 Å². The lowest BCUT2D eigenvalue weighted by Gasteiger charge is -2.26. The van der Waals surface area contributed by atoms with E-state index in [-0.39, 0.29) is 6.17 Å². The van der Waals surface area contributed by atoms with Crippen molar-refractivity contribution >= 4 is 22.4 Å². The third-order valence-electron chi connectivity index (χ3n) is 3.43. The molecule has 3 nitrogen and oxygen atoms in total. The van der Waals surface area contributed by atoms with Crippen molar-refractivity contribution in [2.45, 2.75) is 12.6 Å². The largest absolute Gasteiger partial charge is 0.306 e. The molecule has 4 heteroatoms. The van der Waals surface area contributed by atoms with Gasteiger partial charge in [0.15, 0.2) is 0 Å². The second-order valence-electron chi connectivity index (χ2n) is 4.51. The Morgan fingerprint density at radius 2 is 2.17 bits per heavy atom. The molecule has 3 aromatic rings. The first-order valence-corrected chi connectivity index (χ1v) is 7.04. The van der Waals surface area contributed by atoms with Crippen molar-refractivity contribution in [1.29, 1.82) is 0 Å². The highest BCUT2D eigenvalue weighted by Crippen LogP contribution is 2.29. The van der Waals surface area contributed by atoms with Crippen molar-refractivity contribution in [3.05, 3.63) is 52.5 Å². The van der Waals surface area contributed by atoms with Gasteiger partial charge in [-0.25, -0.2) is 4.98 Å². The van der Waals surface area contributed by atoms with Crippen LogP contribution in [0.3, 0.4) is 0 Å². The van der Waals surface area contributed by atoms with Crippen molar-refractivity contribution in [2.75, 3.05) is 6.54 Å². The average molecular weight is 255 g/mol. The molecule has 1 aliphatic rings. The summed E-state index contributed by atoms with van der Waals surface area (Å²) in [5, 5.41) is 5.72. The molecule has 0 saturated carbocycles. The summed E-state index contributed by atoms with van der Waals surface area (Å²) < 4.78 is 2.34. The molecule has 0 spiro atoms. The minimum Gasteiger partial charge on any atom is -0.306 e. The fraction of sp³-hybridized carbons (Fsp3) is 0.214. The molecule has 0 radical (unpaired) electrons. The molecule has 1 N–H and O–H groups in total. The molecule has 0 saturated heterocycles. The molecule has 90 valence electrons. The number of imidazole rings is 1. The van der Waals surface area contributed by atoms with Crippen LogP contribution in [0, 0.1) is 0 Å². The number of aromatic nitrogens is 2. The summed E-state index contributed by atoms with van der Waals surface area (Å²) >= 11 is 1.79. The SMILES string of the molecule is c1csc(C2NCCc3nc4ccccc4n32)c1. The molecule has 1 unspecified atom stereocenters. The van der Waals surface area contributed by atoms with E-state index in [2.05, 4.69) is 51.7 Å². The quantitative estimate of drug-likeness (QED) is 0.724. The molecule has 0 fully saturated rings. The van der Waals surface area contributed by atoms with Crippen molar-refractivity contribution in [2.24, 2.45) is 0 Å². The fourth-order valence-electron chi connectivity index (χ4n) is 2.65. The lowest BCUT2D eigenvalue weighted by Crippen LogP contribution is -2.35. The molecular weight excluding hydrogens is 242 g/mol. The number of benzene rings is 1. The highest BCUT2D eigenvalue weighted by molar-refractivity contribution is 7.10. The smallest absolute Gasteiger partial charge is 0.121 e. The van der Waals surface area contributed by atoms with Gasteiger partial charge in [-0.2, -0.15) is 0 Å². The molecule has 1 atom stereocenters. The monoisotopic (exact) mass is 255 g/mol. The maximum absolute atomic E-state index is 4.74. The van der Waals surface area contributed by atoms with Crippen molar-refractivity contribution < 1.29 is 0 Å². The van der Waals surface area contributed by atoms with Gasteiger partial charge in [0.1, 0.15) is 12.0 Å². The molecule has 1 aromatic carbocycles. The van der Waals surface area contributed by atoms with Gasteiger partial charge in [0.2, 0.25) is 0 Å². The summed E-state index contributed by atoms with van der Waals surface area (Å²) in [5.41, 5.74) is 2.32. The summed E-state index contributed by atoms with van der Waals surface area (Å²) in [6, 6.07) is 12.7. The van der Waals surface area contributed by atoms with Crippen LogP contribution in [0.5, 0.6) is 0 Å². The summed E-state index contributed by atoms with van der Waals surface area (Å²) in [5.74, 6) is 1.19. The number of hydrogen-bond donors (Lipinski definition) is 1. The van der Waals surface area contributed by atoms with Crippen LogP contribution < -0.4 is 5.32 Å². The second kappa shape index (κ2) is 3.93. The standard InChI is InChI=1S/C14H13N3S/c1-2-5-11-10(4-1)16-13-7-8-15-14(17(11)13)12-6-3-9-18-12/h1-6,9,14-15H,7-8H2. The van der Waals surface area contributed by atoms with Crippen molar-refractivity contribution in [3.8, 4) is 0 Å². The van der Waals surface area contributed by atoms with Gasteiger partial charge in [-0.05, 0) is 23.6 Å². The van der Waals surface area contributed by atoms with E-state index in [1.807, 2.05) is 0 Å². The lowest BCUT2D eigenvalue weighted by molar-refractivity contribution is 0.428. The van der Waals surface area contributed by atoms with Gasteiger partial charge in [-0.1, -0.05) is 18.2 Å². The number of rotatable bonds is 1. The van der Waals surface area contributed by atoms with E-state index in [9.17, 15) is 0 Å². The number of nitrogens with one attached hydrogen (secondary N) is 1. The summed E-state index contributed by atoms with van der Waals surface area (Å²) in [6.07, 6.45) is 1.23. The first kappa shape index (κ1) is 10.3. The summed E-state index contributed by atoms with van der Waals surface area (Å²) in [4.78, 5) is 6.09. The third-order valence-corrected chi connectivity index (χ3v) is 4.35. The first-order valence-electron chi connectivity index (χ1n) is 6.16. The van der Waals surface area contributed by atoms with Crippen LogP contribution in [-0.2, 0) is 6.42 Å². The number of para-hydroxylation sites is 2. The van der Waals surface area contributed by atoms with Crippen LogP contribution >= 0.6 is 11.3 Å². The van der Waals surface area contributed by atoms with Crippen LogP contribution in [-0.4, -0.2) is 16.1 Å². The Bertz CT molecular complexity index is 684. The number of hydrogen-bond acceptors (Lipinski definition) is 3. The van der Waals surface area contributed by atoms with Gasteiger partial charge in [0.25, 0.3) is 0 Å². The maximum Gasteiger partial charge on any atom is 0.121 e. The van der Waals surface area contributed by atoms with Crippen LogP contribution in [0.4, 0.5) is 0 Å². The minimum atomic E-state index is 0.237. The van der Waals surface area contributed by atoms with Crippen LogP contribution in [0.25, 0.3) is 11.0 Å². The Morgan fingerprint density at radius 1 is 1.22 bits per heavy atom. The van der Waals surface area contributed by atoms with E-state index in [1.54, 1.807) is 11.3 Å². The highest BCUT2D eigenvalue weighted by Gasteiger charge is 2.24. The van der Waals surface area contributed by atoms with Crippen molar-refractivity contribution in [3.63, 3.8) is 0 Å². The summed E-state index contributed by atoms with van der Waals surface area (Å²) in [7, 11) is 0. The average Bonchev–Trinajstić information content (AvgIpc) is 3.05. The zero-order chi connectivity index (χ0) is 11.9. The Kier molecular flexibility index (Phi) is 2.25. The Hall–Kier alpha value is -1.65. The zero-order valence-electron chi connectivity index (χ0n) is 9.84. The molecule has 1 aliphatic heterocycles. The molecule has 2 aromatic heterocycles. The second-order valence-corrected chi connectivity index (χ2v) is 5.49. The van der Waals surface area contributed by atoms with E-state index in [4.69, 9.17) is 4.98 Å². The van der Waals surface area contributed by atoms with E-state index in [1.165, 1.54) is 16.2 Å². The molecule has 3 heterocycles. The third kappa shape index (κ3) is 1.43. The van der Waals surface area contributed by atoms with Crippen LogP contribution in [0.15, 0.2) is 41.8 Å². The number of fused-ring (bicyclic) bond motifs is 3. The number of thiophene rings is 1. The lowest BCUT2D eigenvalue weighted by atomic mass is 10.2. The topological polar surface area (TPSA) is 29.9 Å². The van der Waals surface area contributed by atoms with Gasteiger partial charge in [-0.3, -0.25) is 5.32 Å². The molecular formula is C14H13N3S. The van der Waals surface area contributed by atoms with E-state index in [0.29, 0.717) is 0 Å². The van der Waals surface area contributed by atoms with Gasteiger partial charge in [0, 0.05) is 17.8 Å².